The Labute approximate surface area is 72.0 Å². The van der Waals surface area contributed by atoms with E-state index in [1.54, 1.807) is 0 Å². The van der Waals surface area contributed by atoms with Crippen LogP contribution in [0.4, 0.5) is 0 Å². The molecule has 4 heteroatoms. The first-order valence-electron chi connectivity index (χ1n) is 3.86. The molecule has 1 rings (SSSR count). The summed E-state index contributed by atoms with van der Waals surface area (Å²) < 4.78 is 5.18. The van der Waals surface area contributed by atoms with Gasteiger partial charge in [0.15, 0.2) is 5.96 Å². The molecule has 0 spiro atoms. The van der Waals surface area contributed by atoms with E-state index in [1.165, 1.54) is 0 Å². The van der Waals surface area contributed by atoms with Crippen LogP contribution in [0.15, 0.2) is 4.99 Å². The van der Waals surface area contributed by atoms with E-state index in [4.69, 9.17) is 22.6 Å². The fraction of sp³-hybridized carbons (Fsp3) is 0.625. The van der Waals surface area contributed by atoms with Gasteiger partial charge in [-0.1, -0.05) is 5.92 Å². The van der Waals surface area contributed by atoms with E-state index in [0.29, 0.717) is 6.61 Å². The molecular weight excluding hydrogens is 154 g/mol. The van der Waals surface area contributed by atoms with Crippen molar-refractivity contribution in [3.63, 3.8) is 0 Å². The summed E-state index contributed by atoms with van der Waals surface area (Å²) in [4.78, 5) is 3.93. The second-order valence-electron chi connectivity index (χ2n) is 2.79. The second-order valence-corrected chi connectivity index (χ2v) is 2.79. The molecule has 0 aliphatic carbocycles. The van der Waals surface area contributed by atoms with Crippen molar-refractivity contribution in [2.45, 2.75) is 12.5 Å². The van der Waals surface area contributed by atoms with Crippen molar-refractivity contribution in [2.75, 3.05) is 13.2 Å². The van der Waals surface area contributed by atoms with E-state index >= 15 is 0 Å². The summed E-state index contributed by atoms with van der Waals surface area (Å²) >= 11 is 0. The van der Waals surface area contributed by atoms with E-state index in [9.17, 15) is 0 Å². The lowest BCUT2D eigenvalue weighted by atomic mass is 10.0. The van der Waals surface area contributed by atoms with E-state index < -0.39 is 0 Å². The Hall–Kier alpha value is -1.21. The zero-order valence-electron chi connectivity index (χ0n) is 6.86. The largest absolute Gasteiger partial charge is 0.381 e. The summed E-state index contributed by atoms with van der Waals surface area (Å²) in [5.74, 6) is 2.87. The van der Waals surface area contributed by atoms with Crippen LogP contribution in [0.1, 0.15) is 6.42 Å². The predicted molar refractivity (Wildman–Crippen MR) is 47.4 cm³/mol. The molecule has 4 nitrogen and oxygen atoms in total. The maximum atomic E-state index is 5.28. The summed E-state index contributed by atoms with van der Waals surface area (Å²) in [6.45, 7) is 1.41. The van der Waals surface area contributed by atoms with Crippen LogP contribution in [-0.2, 0) is 4.74 Å². The summed E-state index contributed by atoms with van der Waals surface area (Å²) in [5.41, 5.74) is 10.5. The maximum Gasteiger partial charge on any atom is 0.187 e. The number of aliphatic imine (C=N–C) groups is 1. The Morgan fingerprint density at radius 2 is 2.42 bits per heavy atom. The Balaban J connectivity index is 2.56. The lowest BCUT2D eigenvalue weighted by molar-refractivity contribution is 0.184. The molecule has 66 valence electrons. The smallest absolute Gasteiger partial charge is 0.187 e. The number of terminal acetylenes is 1. The summed E-state index contributed by atoms with van der Waals surface area (Å²) in [7, 11) is 0. The lowest BCUT2D eigenvalue weighted by Crippen LogP contribution is -2.28. The fourth-order valence-electron chi connectivity index (χ4n) is 1.24. The number of hydrogen-bond donors (Lipinski definition) is 2. The average molecular weight is 167 g/mol. The van der Waals surface area contributed by atoms with Crippen LogP contribution >= 0.6 is 0 Å². The molecule has 0 bridgehead atoms. The van der Waals surface area contributed by atoms with E-state index in [-0.39, 0.29) is 17.9 Å². The second kappa shape index (κ2) is 3.98. The van der Waals surface area contributed by atoms with Crippen molar-refractivity contribution in [2.24, 2.45) is 22.4 Å². The normalized spacial score (nSPS) is 24.4. The molecule has 1 fully saturated rings. The van der Waals surface area contributed by atoms with Gasteiger partial charge in [-0.15, -0.1) is 6.42 Å². The van der Waals surface area contributed by atoms with Crippen LogP contribution in [-0.4, -0.2) is 25.2 Å². The minimum absolute atomic E-state index is 0.0462. The van der Waals surface area contributed by atoms with Crippen LogP contribution in [0.25, 0.3) is 0 Å². The van der Waals surface area contributed by atoms with Crippen LogP contribution in [0.3, 0.4) is 0 Å². The molecule has 0 saturated carbocycles. The Morgan fingerprint density at radius 3 is 2.83 bits per heavy atom. The van der Waals surface area contributed by atoms with Crippen molar-refractivity contribution < 1.29 is 4.74 Å². The van der Waals surface area contributed by atoms with Gasteiger partial charge >= 0.3 is 0 Å². The van der Waals surface area contributed by atoms with E-state index in [0.717, 1.165) is 13.0 Å². The van der Waals surface area contributed by atoms with Gasteiger partial charge in [0, 0.05) is 12.5 Å². The Morgan fingerprint density at radius 1 is 1.67 bits per heavy atom. The van der Waals surface area contributed by atoms with Crippen molar-refractivity contribution in [3.8, 4) is 12.3 Å². The van der Waals surface area contributed by atoms with E-state index in [1.807, 2.05) is 0 Å². The molecule has 0 aromatic rings. The highest BCUT2D eigenvalue weighted by molar-refractivity contribution is 5.76. The molecule has 2 atom stereocenters. The van der Waals surface area contributed by atoms with Gasteiger partial charge in [-0.25, -0.2) is 4.99 Å². The van der Waals surface area contributed by atoms with Crippen molar-refractivity contribution in [3.05, 3.63) is 0 Å². The third kappa shape index (κ3) is 2.14. The first-order chi connectivity index (χ1) is 5.74. The third-order valence-electron chi connectivity index (χ3n) is 1.87. The fourth-order valence-corrected chi connectivity index (χ4v) is 1.24. The maximum absolute atomic E-state index is 5.28. The predicted octanol–water partition coefficient (Wildman–Crippen LogP) is -0.702. The first kappa shape index (κ1) is 8.88. The molecule has 12 heavy (non-hydrogen) atoms. The van der Waals surface area contributed by atoms with Gasteiger partial charge in [-0.2, -0.15) is 0 Å². The van der Waals surface area contributed by atoms with Gasteiger partial charge in [-0.3, -0.25) is 0 Å². The van der Waals surface area contributed by atoms with Crippen molar-refractivity contribution >= 4 is 5.96 Å². The lowest BCUT2D eigenvalue weighted by Gasteiger charge is -2.11. The van der Waals surface area contributed by atoms with Crippen molar-refractivity contribution in [1.82, 2.24) is 0 Å². The summed E-state index contributed by atoms with van der Waals surface area (Å²) in [6.07, 6.45) is 6.21. The van der Waals surface area contributed by atoms with Gasteiger partial charge in [0.2, 0.25) is 0 Å². The number of rotatable bonds is 2. The topological polar surface area (TPSA) is 73.6 Å². The zero-order chi connectivity index (χ0) is 8.97. The number of nitrogens with zero attached hydrogens (tertiary/aromatic N) is 1. The number of ether oxygens (including phenoxy) is 1. The number of hydrogen-bond acceptors (Lipinski definition) is 2. The highest BCUT2D eigenvalue weighted by atomic mass is 16.5. The number of guanidine groups is 1. The quantitative estimate of drug-likeness (QED) is 0.324. The minimum Gasteiger partial charge on any atom is -0.381 e. The third-order valence-corrected chi connectivity index (χ3v) is 1.87. The molecule has 1 aliphatic rings. The molecule has 0 aromatic heterocycles. The molecule has 4 N–H and O–H groups in total. The summed E-state index contributed by atoms with van der Waals surface area (Å²) in [5, 5.41) is 0. The molecule has 0 radical (unpaired) electrons. The molecule has 2 unspecified atom stereocenters. The molecule has 1 saturated heterocycles. The van der Waals surface area contributed by atoms with Gasteiger partial charge in [0.25, 0.3) is 0 Å². The van der Waals surface area contributed by atoms with Gasteiger partial charge in [0.05, 0.1) is 6.61 Å². The van der Waals surface area contributed by atoms with Crippen LogP contribution in [0.2, 0.25) is 0 Å². The zero-order valence-corrected chi connectivity index (χ0v) is 6.86. The monoisotopic (exact) mass is 167 g/mol. The molecule has 1 heterocycles. The molecular formula is C8H13N3O. The highest BCUT2D eigenvalue weighted by Crippen LogP contribution is 2.18. The SMILES string of the molecule is C#CC(N=C(N)N)C1CCOC1. The minimum atomic E-state index is -0.225. The highest BCUT2D eigenvalue weighted by Gasteiger charge is 2.23. The molecule has 0 amide bonds. The average Bonchev–Trinajstić information content (AvgIpc) is 2.51. The Bertz CT molecular complexity index is 209. The Kier molecular flexibility index (Phi) is 2.94. The molecule has 1 aliphatic heterocycles. The van der Waals surface area contributed by atoms with Crippen LogP contribution in [0.5, 0.6) is 0 Å². The van der Waals surface area contributed by atoms with Gasteiger partial charge in [-0.05, 0) is 6.42 Å². The van der Waals surface area contributed by atoms with Crippen LogP contribution < -0.4 is 11.5 Å². The van der Waals surface area contributed by atoms with Crippen molar-refractivity contribution in [1.29, 1.82) is 0 Å². The first-order valence-corrected chi connectivity index (χ1v) is 3.86. The van der Waals surface area contributed by atoms with Crippen LogP contribution in [0, 0.1) is 18.3 Å². The van der Waals surface area contributed by atoms with E-state index in [2.05, 4.69) is 10.9 Å². The summed E-state index contributed by atoms with van der Waals surface area (Å²) in [6, 6.07) is -0.225. The van der Waals surface area contributed by atoms with Gasteiger partial charge < -0.3 is 16.2 Å². The standard InChI is InChI=1S/C8H13N3O/c1-2-7(11-8(9)10)6-3-4-12-5-6/h1,6-7H,3-5H2,(H4,9,10,11). The van der Waals surface area contributed by atoms with Gasteiger partial charge in [0.1, 0.15) is 6.04 Å². The molecule has 0 aromatic carbocycles. The number of nitrogens with two attached hydrogens (primary N) is 2.